The Morgan fingerprint density at radius 3 is 2.77 bits per heavy atom. The van der Waals surface area contributed by atoms with Crippen molar-refractivity contribution in [1.82, 2.24) is 10.6 Å². The van der Waals surface area contributed by atoms with E-state index >= 15 is 0 Å². The lowest BCUT2D eigenvalue weighted by molar-refractivity contribution is -0.121. The van der Waals surface area contributed by atoms with Gasteiger partial charge in [0, 0.05) is 29.7 Å². The van der Waals surface area contributed by atoms with E-state index in [9.17, 15) is 4.79 Å². The molecule has 2 unspecified atom stereocenters. The minimum atomic E-state index is 0. The van der Waals surface area contributed by atoms with E-state index < -0.39 is 0 Å². The molecule has 1 aromatic rings. The summed E-state index contributed by atoms with van der Waals surface area (Å²) in [5.74, 6) is 2.36. The van der Waals surface area contributed by atoms with Gasteiger partial charge in [-0.3, -0.25) is 4.79 Å². The first-order valence-electron chi connectivity index (χ1n) is 7.46. The third-order valence-electron chi connectivity index (χ3n) is 3.83. The maximum atomic E-state index is 12.0. The normalized spacial score (nSPS) is 20.8. The minimum absolute atomic E-state index is 0. The topological polar surface area (TPSA) is 50.4 Å². The molecule has 2 rings (SSSR count). The van der Waals surface area contributed by atoms with Crippen molar-refractivity contribution in [3.05, 3.63) is 24.3 Å². The van der Waals surface area contributed by atoms with Crippen LogP contribution in [0, 0.1) is 5.92 Å². The van der Waals surface area contributed by atoms with Crippen LogP contribution < -0.4 is 15.4 Å². The molecule has 22 heavy (non-hydrogen) atoms. The van der Waals surface area contributed by atoms with Gasteiger partial charge < -0.3 is 15.4 Å². The van der Waals surface area contributed by atoms with Crippen molar-refractivity contribution < 1.29 is 9.53 Å². The largest absolute Gasteiger partial charge is 0.497 e. The van der Waals surface area contributed by atoms with Gasteiger partial charge in [-0.05, 0) is 43.1 Å². The van der Waals surface area contributed by atoms with E-state index in [1.165, 1.54) is 0 Å². The van der Waals surface area contributed by atoms with Crippen LogP contribution in [0.2, 0.25) is 0 Å². The van der Waals surface area contributed by atoms with Crippen LogP contribution >= 0.6 is 24.2 Å². The van der Waals surface area contributed by atoms with Gasteiger partial charge in [0.15, 0.2) is 0 Å². The Kier molecular flexibility index (Phi) is 8.68. The number of benzene rings is 1. The van der Waals surface area contributed by atoms with Crippen molar-refractivity contribution >= 4 is 30.1 Å². The molecular weight excluding hydrogens is 320 g/mol. The fourth-order valence-corrected chi connectivity index (χ4v) is 3.25. The zero-order chi connectivity index (χ0) is 15.1. The van der Waals surface area contributed by atoms with Crippen LogP contribution in [0.1, 0.15) is 19.8 Å². The molecule has 124 valence electrons. The predicted molar refractivity (Wildman–Crippen MR) is 94.2 cm³/mol. The standard InChI is InChI=1S/C16H24N2O2S.ClH/c1-12-7-9-17-11-15(12)18-16(19)8-10-21-14-5-3-13(20-2)4-6-14;/h3-6,12,15,17H,7-11H2,1-2H3,(H,18,19);1H. The molecule has 0 aromatic heterocycles. The lowest BCUT2D eigenvalue weighted by Crippen LogP contribution is -2.50. The summed E-state index contributed by atoms with van der Waals surface area (Å²) in [5.41, 5.74) is 0. The Labute approximate surface area is 143 Å². The van der Waals surface area contributed by atoms with Crippen LogP contribution in [0.25, 0.3) is 0 Å². The van der Waals surface area contributed by atoms with E-state index in [2.05, 4.69) is 17.6 Å². The number of amides is 1. The quantitative estimate of drug-likeness (QED) is 0.779. The number of piperidine rings is 1. The first-order chi connectivity index (χ1) is 10.2. The Morgan fingerprint density at radius 1 is 1.41 bits per heavy atom. The molecule has 6 heteroatoms. The number of hydrogen-bond donors (Lipinski definition) is 2. The Balaban J connectivity index is 0.00000242. The van der Waals surface area contributed by atoms with Gasteiger partial charge in [0.2, 0.25) is 5.91 Å². The zero-order valence-electron chi connectivity index (χ0n) is 13.1. The highest BCUT2D eigenvalue weighted by Crippen LogP contribution is 2.21. The number of carbonyl (C=O) groups excluding carboxylic acids is 1. The molecule has 1 aliphatic heterocycles. The summed E-state index contributed by atoms with van der Waals surface area (Å²) < 4.78 is 5.13. The number of halogens is 1. The lowest BCUT2D eigenvalue weighted by atomic mass is 9.95. The average molecular weight is 345 g/mol. The first kappa shape index (κ1) is 19.1. The van der Waals surface area contributed by atoms with Crippen LogP contribution in [0.15, 0.2) is 29.2 Å². The fraction of sp³-hybridized carbons (Fsp3) is 0.562. The number of carbonyl (C=O) groups is 1. The van der Waals surface area contributed by atoms with Gasteiger partial charge in [-0.1, -0.05) is 6.92 Å². The molecule has 1 amide bonds. The molecule has 1 heterocycles. The summed E-state index contributed by atoms with van der Waals surface area (Å²) >= 11 is 1.70. The van der Waals surface area contributed by atoms with Crippen molar-refractivity contribution in [2.45, 2.75) is 30.7 Å². The second-order valence-corrected chi connectivity index (χ2v) is 6.59. The molecule has 0 radical (unpaired) electrons. The molecule has 1 fully saturated rings. The minimum Gasteiger partial charge on any atom is -0.497 e. The monoisotopic (exact) mass is 344 g/mol. The summed E-state index contributed by atoms with van der Waals surface area (Å²) in [7, 11) is 1.66. The molecule has 0 bridgehead atoms. The molecule has 2 atom stereocenters. The van der Waals surface area contributed by atoms with Gasteiger partial charge >= 0.3 is 0 Å². The van der Waals surface area contributed by atoms with E-state index in [0.29, 0.717) is 12.3 Å². The SMILES string of the molecule is COc1ccc(SCCC(=O)NC2CNCCC2C)cc1.Cl. The summed E-state index contributed by atoms with van der Waals surface area (Å²) in [4.78, 5) is 13.1. The number of rotatable bonds is 6. The van der Waals surface area contributed by atoms with Crippen molar-refractivity contribution in [1.29, 1.82) is 0 Å². The highest BCUT2D eigenvalue weighted by Gasteiger charge is 2.22. The van der Waals surface area contributed by atoms with Gasteiger partial charge in [-0.2, -0.15) is 0 Å². The molecular formula is C16H25ClN2O2S. The molecule has 2 N–H and O–H groups in total. The second-order valence-electron chi connectivity index (χ2n) is 5.42. The predicted octanol–water partition coefficient (Wildman–Crippen LogP) is 2.71. The first-order valence-corrected chi connectivity index (χ1v) is 8.44. The van der Waals surface area contributed by atoms with Crippen molar-refractivity contribution in [2.75, 3.05) is 26.0 Å². The van der Waals surface area contributed by atoms with Crippen LogP contribution in [-0.2, 0) is 4.79 Å². The molecule has 0 saturated carbocycles. The highest BCUT2D eigenvalue weighted by molar-refractivity contribution is 7.99. The molecule has 4 nitrogen and oxygen atoms in total. The Hall–Kier alpha value is -0.910. The van der Waals surface area contributed by atoms with E-state index in [1.807, 2.05) is 24.3 Å². The lowest BCUT2D eigenvalue weighted by Gasteiger charge is -2.30. The Morgan fingerprint density at radius 2 is 2.14 bits per heavy atom. The van der Waals surface area contributed by atoms with Gasteiger partial charge in [0.1, 0.15) is 5.75 Å². The molecule has 1 aliphatic rings. The van der Waals surface area contributed by atoms with Gasteiger partial charge in [0.05, 0.1) is 7.11 Å². The van der Waals surface area contributed by atoms with Gasteiger partial charge in [-0.25, -0.2) is 0 Å². The zero-order valence-corrected chi connectivity index (χ0v) is 14.8. The van der Waals surface area contributed by atoms with Crippen molar-refractivity contribution in [3.63, 3.8) is 0 Å². The van der Waals surface area contributed by atoms with E-state index in [4.69, 9.17) is 4.74 Å². The number of hydrogen-bond acceptors (Lipinski definition) is 4. The summed E-state index contributed by atoms with van der Waals surface area (Å²) in [5, 5.41) is 6.47. The number of methoxy groups -OCH3 is 1. The smallest absolute Gasteiger partial charge is 0.221 e. The van der Waals surface area contributed by atoms with Crippen molar-refractivity contribution in [2.24, 2.45) is 5.92 Å². The number of nitrogens with one attached hydrogen (secondary N) is 2. The molecule has 0 spiro atoms. The highest BCUT2D eigenvalue weighted by atomic mass is 35.5. The molecule has 1 saturated heterocycles. The number of thioether (sulfide) groups is 1. The van der Waals surface area contributed by atoms with Crippen LogP contribution in [0.3, 0.4) is 0 Å². The summed E-state index contributed by atoms with van der Waals surface area (Å²) in [6.45, 7) is 4.15. The summed E-state index contributed by atoms with van der Waals surface area (Å²) in [6, 6.07) is 8.20. The fourth-order valence-electron chi connectivity index (χ4n) is 2.40. The number of ether oxygens (including phenoxy) is 1. The second kappa shape index (κ2) is 9.98. The van der Waals surface area contributed by atoms with Gasteiger partial charge in [0.25, 0.3) is 0 Å². The van der Waals surface area contributed by atoms with Crippen molar-refractivity contribution in [3.8, 4) is 5.75 Å². The summed E-state index contributed by atoms with van der Waals surface area (Å²) in [6.07, 6.45) is 1.69. The van der Waals surface area contributed by atoms with Crippen LogP contribution in [0.4, 0.5) is 0 Å². The van der Waals surface area contributed by atoms with E-state index in [1.54, 1.807) is 18.9 Å². The van der Waals surface area contributed by atoms with E-state index in [-0.39, 0.29) is 24.4 Å². The van der Waals surface area contributed by atoms with Gasteiger partial charge in [-0.15, -0.1) is 24.2 Å². The maximum absolute atomic E-state index is 12.0. The maximum Gasteiger partial charge on any atom is 0.221 e. The van der Waals surface area contributed by atoms with E-state index in [0.717, 1.165) is 35.9 Å². The average Bonchev–Trinajstić information content (AvgIpc) is 2.50. The van der Waals surface area contributed by atoms with Crippen LogP contribution in [-0.4, -0.2) is 37.9 Å². The Bertz CT molecular complexity index is 456. The van der Waals surface area contributed by atoms with Crippen LogP contribution in [0.5, 0.6) is 5.75 Å². The molecule has 1 aromatic carbocycles. The third-order valence-corrected chi connectivity index (χ3v) is 4.85. The third kappa shape index (κ3) is 6.07. The molecule has 0 aliphatic carbocycles.